The minimum Gasteiger partial charge on any atom is -0.464 e. The first-order valence-electron chi connectivity index (χ1n) is 6.01. The van der Waals surface area contributed by atoms with Crippen LogP contribution in [0.3, 0.4) is 0 Å². The normalized spacial score (nSPS) is 10.9. The first kappa shape index (κ1) is 13.2. The van der Waals surface area contributed by atoms with Gasteiger partial charge in [0, 0.05) is 5.56 Å². The van der Waals surface area contributed by atoms with E-state index in [-0.39, 0.29) is 23.4 Å². The number of para-hydroxylation sites is 1. The highest BCUT2D eigenvalue weighted by Crippen LogP contribution is 2.14. The summed E-state index contributed by atoms with van der Waals surface area (Å²) in [4.78, 5) is 35.0. The van der Waals surface area contributed by atoms with Crippen molar-refractivity contribution in [2.24, 2.45) is 5.92 Å². The Hall–Kier alpha value is -2.23. The molecule has 0 spiro atoms. The Morgan fingerprint density at radius 2 is 1.79 bits per heavy atom. The van der Waals surface area contributed by atoms with Crippen molar-refractivity contribution in [3.05, 3.63) is 46.3 Å². The van der Waals surface area contributed by atoms with E-state index in [4.69, 9.17) is 4.42 Å². The molecule has 0 amide bonds. The molecule has 0 aliphatic carbocycles. The molecule has 0 radical (unpaired) electrons. The minimum atomic E-state index is -0.774. The number of carbonyl (C=O) groups is 2. The molecule has 0 saturated heterocycles. The average molecular weight is 258 g/mol. The molecule has 0 atom stereocenters. The molecule has 4 heteroatoms. The largest absolute Gasteiger partial charge is 0.464 e. The SMILES string of the molecule is CC(=O)C(Cc1coc2ccccc2c1=O)C(C)=O. The fraction of sp³-hybridized carbons (Fsp3) is 0.267. The van der Waals surface area contributed by atoms with Crippen molar-refractivity contribution in [2.75, 3.05) is 0 Å². The summed E-state index contributed by atoms with van der Waals surface area (Å²) in [6, 6.07) is 6.89. The van der Waals surface area contributed by atoms with Gasteiger partial charge in [-0.3, -0.25) is 14.4 Å². The van der Waals surface area contributed by atoms with Crippen LogP contribution >= 0.6 is 0 Å². The third-order valence-corrected chi connectivity index (χ3v) is 3.16. The van der Waals surface area contributed by atoms with E-state index in [1.165, 1.54) is 20.1 Å². The molecule has 0 unspecified atom stereocenters. The van der Waals surface area contributed by atoms with Crippen molar-refractivity contribution in [1.29, 1.82) is 0 Å². The molecule has 0 fully saturated rings. The van der Waals surface area contributed by atoms with Gasteiger partial charge in [0.2, 0.25) is 0 Å². The smallest absolute Gasteiger partial charge is 0.195 e. The predicted octanol–water partition coefficient (Wildman–Crippen LogP) is 2.13. The van der Waals surface area contributed by atoms with E-state index in [2.05, 4.69) is 0 Å². The third-order valence-electron chi connectivity index (χ3n) is 3.16. The van der Waals surface area contributed by atoms with E-state index in [0.717, 1.165) is 0 Å². The number of Topliss-reactive ketones (excluding diaryl/α,β-unsaturated/α-hetero) is 2. The Balaban J connectivity index is 2.46. The quantitative estimate of drug-likeness (QED) is 0.788. The second kappa shape index (κ2) is 5.18. The Morgan fingerprint density at radius 3 is 2.42 bits per heavy atom. The summed E-state index contributed by atoms with van der Waals surface area (Å²) in [6.45, 7) is 2.71. The lowest BCUT2D eigenvalue weighted by Gasteiger charge is -2.09. The standard InChI is InChI=1S/C15H14O4/c1-9(16)13(10(2)17)7-11-8-19-14-6-4-3-5-12(14)15(11)18/h3-6,8,13H,7H2,1-2H3. The summed E-state index contributed by atoms with van der Waals surface area (Å²) >= 11 is 0. The lowest BCUT2D eigenvalue weighted by molar-refractivity contribution is -0.130. The van der Waals surface area contributed by atoms with Gasteiger partial charge < -0.3 is 4.42 Å². The van der Waals surface area contributed by atoms with Crippen LogP contribution in [0.1, 0.15) is 19.4 Å². The fourth-order valence-corrected chi connectivity index (χ4v) is 2.05. The lowest BCUT2D eigenvalue weighted by Crippen LogP contribution is -2.24. The molecule has 0 aliphatic heterocycles. The van der Waals surface area contributed by atoms with Crippen LogP contribution in [0.25, 0.3) is 11.0 Å². The van der Waals surface area contributed by atoms with Crippen LogP contribution < -0.4 is 5.43 Å². The number of ketones is 2. The van der Waals surface area contributed by atoms with E-state index >= 15 is 0 Å². The summed E-state index contributed by atoms with van der Waals surface area (Å²) in [7, 11) is 0. The number of rotatable bonds is 4. The van der Waals surface area contributed by atoms with E-state index in [9.17, 15) is 14.4 Å². The monoisotopic (exact) mass is 258 g/mol. The van der Waals surface area contributed by atoms with Crippen molar-refractivity contribution in [3.63, 3.8) is 0 Å². The van der Waals surface area contributed by atoms with Crippen LogP contribution in [0.2, 0.25) is 0 Å². The van der Waals surface area contributed by atoms with Crippen LogP contribution in [-0.4, -0.2) is 11.6 Å². The number of carbonyl (C=O) groups excluding carboxylic acids is 2. The summed E-state index contributed by atoms with van der Waals surface area (Å²) in [5.41, 5.74) is 0.668. The highest BCUT2D eigenvalue weighted by Gasteiger charge is 2.22. The first-order chi connectivity index (χ1) is 9.00. The second-order valence-corrected chi connectivity index (χ2v) is 4.56. The molecule has 0 saturated carbocycles. The maximum Gasteiger partial charge on any atom is 0.195 e. The van der Waals surface area contributed by atoms with Crippen molar-refractivity contribution >= 4 is 22.5 Å². The number of benzene rings is 1. The van der Waals surface area contributed by atoms with Gasteiger partial charge in [-0.15, -0.1) is 0 Å². The van der Waals surface area contributed by atoms with Crippen molar-refractivity contribution in [2.45, 2.75) is 20.3 Å². The summed E-state index contributed by atoms with van der Waals surface area (Å²) < 4.78 is 5.36. The van der Waals surface area contributed by atoms with Gasteiger partial charge in [0.25, 0.3) is 0 Å². The van der Waals surface area contributed by atoms with Gasteiger partial charge in [-0.2, -0.15) is 0 Å². The maximum absolute atomic E-state index is 12.2. The van der Waals surface area contributed by atoms with Crippen LogP contribution in [0.5, 0.6) is 0 Å². The average Bonchev–Trinajstić information content (AvgIpc) is 2.37. The van der Waals surface area contributed by atoms with Crippen LogP contribution in [0.4, 0.5) is 0 Å². The fourth-order valence-electron chi connectivity index (χ4n) is 2.05. The van der Waals surface area contributed by atoms with Gasteiger partial charge >= 0.3 is 0 Å². The van der Waals surface area contributed by atoms with Gasteiger partial charge in [0.05, 0.1) is 17.6 Å². The molecule has 19 heavy (non-hydrogen) atoms. The Bertz CT molecular complexity index is 683. The molecule has 2 rings (SSSR count). The first-order valence-corrected chi connectivity index (χ1v) is 6.01. The molecule has 2 aromatic rings. The molecule has 1 aromatic heterocycles. The molecule has 1 heterocycles. The van der Waals surface area contributed by atoms with Crippen LogP contribution in [0, 0.1) is 5.92 Å². The highest BCUT2D eigenvalue weighted by molar-refractivity contribution is 6.00. The number of fused-ring (bicyclic) bond motifs is 1. The summed E-state index contributed by atoms with van der Waals surface area (Å²) in [6.07, 6.45) is 1.43. The molecular weight excluding hydrogens is 244 g/mol. The summed E-state index contributed by atoms with van der Waals surface area (Å²) in [5, 5.41) is 0.464. The molecule has 0 N–H and O–H groups in total. The molecule has 0 aliphatic rings. The maximum atomic E-state index is 12.2. The molecule has 0 bridgehead atoms. The molecule has 98 valence electrons. The molecule has 1 aromatic carbocycles. The highest BCUT2D eigenvalue weighted by atomic mass is 16.3. The Kier molecular flexibility index (Phi) is 3.60. The van der Waals surface area contributed by atoms with Gasteiger partial charge in [0.15, 0.2) is 5.43 Å². The van der Waals surface area contributed by atoms with Crippen molar-refractivity contribution in [1.82, 2.24) is 0 Å². The molecule has 4 nitrogen and oxygen atoms in total. The topological polar surface area (TPSA) is 64.3 Å². The predicted molar refractivity (Wildman–Crippen MR) is 71.0 cm³/mol. The van der Waals surface area contributed by atoms with Crippen molar-refractivity contribution < 1.29 is 14.0 Å². The van der Waals surface area contributed by atoms with Gasteiger partial charge in [0.1, 0.15) is 17.1 Å². The third kappa shape index (κ3) is 2.62. The zero-order valence-corrected chi connectivity index (χ0v) is 10.8. The van der Waals surface area contributed by atoms with Gasteiger partial charge in [-0.1, -0.05) is 12.1 Å². The van der Waals surface area contributed by atoms with Gasteiger partial charge in [-0.25, -0.2) is 0 Å². The van der Waals surface area contributed by atoms with Gasteiger partial charge in [-0.05, 0) is 32.4 Å². The zero-order chi connectivity index (χ0) is 14.0. The Labute approximate surface area is 110 Å². The lowest BCUT2D eigenvalue weighted by atomic mass is 9.93. The van der Waals surface area contributed by atoms with Crippen LogP contribution in [-0.2, 0) is 16.0 Å². The Morgan fingerprint density at radius 1 is 1.16 bits per heavy atom. The molecular formula is C15H14O4. The van der Waals surface area contributed by atoms with E-state index in [1.54, 1.807) is 24.3 Å². The van der Waals surface area contributed by atoms with E-state index < -0.39 is 5.92 Å². The van der Waals surface area contributed by atoms with E-state index in [1.807, 2.05) is 0 Å². The van der Waals surface area contributed by atoms with Crippen LogP contribution in [0.15, 0.2) is 39.7 Å². The second-order valence-electron chi connectivity index (χ2n) is 4.56. The van der Waals surface area contributed by atoms with Crippen molar-refractivity contribution in [3.8, 4) is 0 Å². The number of hydrogen-bond donors (Lipinski definition) is 0. The zero-order valence-electron chi connectivity index (χ0n) is 10.8. The number of hydrogen-bond acceptors (Lipinski definition) is 4. The van der Waals surface area contributed by atoms with E-state index in [0.29, 0.717) is 16.5 Å². The minimum absolute atomic E-state index is 0.0951. The summed E-state index contributed by atoms with van der Waals surface area (Å²) in [5.74, 6) is -1.25.